The number of carboxylic acids is 1. The average molecular weight is 314 g/mol. The first-order valence-electron chi connectivity index (χ1n) is 6.04. The van der Waals surface area contributed by atoms with E-state index < -0.39 is 27.7 Å². The molecule has 1 aliphatic heterocycles. The number of aromatic carboxylic acids is 1. The third-order valence-electron chi connectivity index (χ3n) is 3.20. The van der Waals surface area contributed by atoms with Gasteiger partial charge >= 0.3 is 5.97 Å². The van der Waals surface area contributed by atoms with Crippen LogP contribution in [0.3, 0.4) is 0 Å². The van der Waals surface area contributed by atoms with Gasteiger partial charge in [0, 0.05) is 30.6 Å². The molecule has 1 heterocycles. The Morgan fingerprint density at radius 2 is 2.10 bits per heavy atom. The van der Waals surface area contributed by atoms with Crippen LogP contribution < -0.4 is 10.0 Å². The molecule has 0 saturated carbocycles. The minimum Gasteiger partial charge on any atom is -0.507 e. The van der Waals surface area contributed by atoms with Crippen LogP contribution in [0.1, 0.15) is 16.8 Å². The first-order chi connectivity index (χ1) is 9.67. The van der Waals surface area contributed by atoms with Crippen LogP contribution in [0, 0.1) is 5.92 Å². The van der Waals surface area contributed by atoms with Crippen LogP contribution >= 0.6 is 0 Å². The Balaban J connectivity index is 2.21. The van der Waals surface area contributed by atoms with Crippen molar-refractivity contribution in [3.05, 3.63) is 23.8 Å². The molecule has 4 N–H and O–H groups in total. The van der Waals surface area contributed by atoms with Crippen molar-refractivity contribution in [2.75, 3.05) is 17.2 Å². The Kier molecular flexibility index (Phi) is 3.88. The molecule has 8 nitrogen and oxygen atoms in total. The van der Waals surface area contributed by atoms with E-state index in [1.807, 2.05) is 0 Å². The van der Waals surface area contributed by atoms with Crippen molar-refractivity contribution in [2.24, 2.45) is 11.1 Å². The number of nitrogens with two attached hydrogens (primary N) is 1. The van der Waals surface area contributed by atoms with Crippen molar-refractivity contribution in [3.63, 3.8) is 0 Å². The molecule has 9 heteroatoms. The van der Waals surface area contributed by atoms with Gasteiger partial charge in [-0.1, -0.05) is 0 Å². The lowest BCUT2D eigenvalue weighted by Gasteiger charge is -2.17. The van der Waals surface area contributed by atoms with Crippen molar-refractivity contribution >= 4 is 27.6 Å². The van der Waals surface area contributed by atoms with Crippen LogP contribution in [-0.4, -0.2) is 42.8 Å². The second-order valence-corrected chi connectivity index (χ2v) is 6.57. The molecule has 1 aromatic carbocycles. The first kappa shape index (κ1) is 15.3. The molecule has 1 fully saturated rings. The van der Waals surface area contributed by atoms with Crippen LogP contribution in [0.25, 0.3) is 0 Å². The number of carboxylic acid groups (broad SMARTS) is 1. The summed E-state index contributed by atoms with van der Waals surface area (Å²) in [5, 5.41) is 23.4. The molecule has 1 aromatic rings. The predicted octanol–water partition coefficient (Wildman–Crippen LogP) is -0.268. The van der Waals surface area contributed by atoms with Gasteiger partial charge in [0.25, 0.3) is 0 Å². The summed E-state index contributed by atoms with van der Waals surface area (Å²) in [6.45, 7) is 0.154. The molecule has 1 unspecified atom stereocenters. The lowest BCUT2D eigenvalue weighted by molar-refractivity contribution is -0.117. The highest BCUT2D eigenvalue weighted by Crippen LogP contribution is 2.30. The maximum atomic E-state index is 11.9. The van der Waals surface area contributed by atoms with E-state index in [9.17, 15) is 23.1 Å². The molecule has 1 amide bonds. The minimum atomic E-state index is -3.67. The first-order valence-corrected chi connectivity index (χ1v) is 7.76. The normalized spacial score (nSPS) is 19.0. The third kappa shape index (κ3) is 3.50. The lowest BCUT2D eigenvalue weighted by atomic mass is 10.1. The Hall–Kier alpha value is -2.13. The molecule has 0 radical (unpaired) electrons. The van der Waals surface area contributed by atoms with E-state index in [1.54, 1.807) is 0 Å². The Morgan fingerprint density at radius 3 is 2.62 bits per heavy atom. The summed E-state index contributed by atoms with van der Waals surface area (Å²) in [5.74, 6) is -2.75. The Bertz CT molecular complexity index is 700. The van der Waals surface area contributed by atoms with E-state index in [-0.39, 0.29) is 30.2 Å². The molecule has 0 aromatic heterocycles. The fourth-order valence-corrected chi connectivity index (χ4v) is 3.22. The molecule has 0 spiro atoms. The average Bonchev–Trinajstić information content (AvgIpc) is 2.66. The summed E-state index contributed by atoms with van der Waals surface area (Å²) in [4.78, 5) is 24.0. The maximum Gasteiger partial charge on any atom is 0.339 e. The second-order valence-electron chi connectivity index (χ2n) is 4.91. The van der Waals surface area contributed by atoms with Crippen LogP contribution in [0.15, 0.2) is 18.2 Å². The van der Waals surface area contributed by atoms with Gasteiger partial charge in [-0.3, -0.25) is 4.79 Å². The molecule has 0 aliphatic carbocycles. The second kappa shape index (κ2) is 5.34. The van der Waals surface area contributed by atoms with Crippen molar-refractivity contribution in [2.45, 2.75) is 6.42 Å². The summed E-state index contributed by atoms with van der Waals surface area (Å²) < 4.78 is 22.1. The molecule has 1 saturated heterocycles. The van der Waals surface area contributed by atoms with Gasteiger partial charge in [-0.15, -0.1) is 0 Å². The number of hydrogen-bond acceptors (Lipinski definition) is 5. The van der Waals surface area contributed by atoms with Crippen LogP contribution in [0.5, 0.6) is 5.75 Å². The zero-order chi connectivity index (χ0) is 15.8. The molecule has 1 aliphatic rings. The summed E-state index contributed by atoms with van der Waals surface area (Å²) >= 11 is 0. The Morgan fingerprint density at radius 1 is 1.43 bits per heavy atom. The van der Waals surface area contributed by atoms with Gasteiger partial charge in [0.15, 0.2) is 0 Å². The quantitative estimate of drug-likeness (QED) is 0.699. The molecule has 0 bridgehead atoms. The van der Waals surface area contributed by atoms with Crippen molar-refractivity contribution < 1.29 is 28.2 Å². The van der Waals surface area contributed by atoms with E-state index in [4.69, 9.17) is 10.2 Å². The predicted molar refractivity (Wildman–Crippen MR) is 73.5 cm³/mol. The monoisotopic (exact) mass is 314 g/mol. The van der Waals surface area contributed by atoms with Gasteiger partial charge in [0.05, 0.1) is 5.75 Å². The van der Waals surface area contributed by atoms with Gasteiger partial charge in [-0.25, -0.2) is 18.4 Å². The largest absolute Gasteiger partial charge is 0.507 e. The standard InChI is InChI=1S/C12H14N2O6S/c13-21(19,20)6-7-3-11(16)14(5-7)8-1-2-9(12(17)18)10(15)4-8/h1-2,4,7,15H,3,5-6H2,(H,17,18)(H2,13,19,20). The van der Waals surface area contributed by atoms with Crippen molar-refractivity contribution in [3.8, 4) is 5.75 Å². The number of hydrogen-bond donors (Lipinski definition) is 3. The smallest absolute Gasteiger partial charge is 0.339 e. The van der Waals surface area contributed by atoms with Crippen LogP contribution in [0.4, 0.5) is 5.69 Å². The number of nitrogens with zero attached hydrogens (tertiary/aromatic N) is 1. The fourth-order valence-electron chi connectivity index (χ4n) is 2.34. The number of amides is 1. The topological polar surface area (TPSA) is 138 Å². The summed E-state index contributed by atoms with van der Waals surface area (Å²) in [5.41, 5.74) is 0.0471. The molecular formula is C12H14N2O6S. The SMILES string of the molecule is NS(=O)(=O)CC1CC(=O)N(c2ccc(C(=O)O)c(O)c2)C1. The van der Waals surface area contributed by atoms with Crippen molar-refractivity contribution in [1.82, 2.24) is 0 Å². The number of primary sulfonamides is 1. The highest BCUT2D eigenvalue weighted by atomic mass is 32.2. The van der Waals surface area contributed by atoms with Gasteiger partial charge in [0.1, 0.15) is 11.3 Å². The number of rotatable bonds is 4. The van der Waals surface area contributed by atoms with Crippen molar-refractivity contribution in [1.29, 1.82) is 0 Å². The molecular weight excluding hydrogens is 300 g/mol. The minimum absolute atomic E-state index is 0.0396. The molecule has 114 valence electrons. The number of carbonyl (C=O) groups excluding carboxylic acids is 1. The van der Waals surface area contributed by atoms with E-state index in [2.05, 4.69) is 0 Å². The number of phenols is 1. The molecule has 2 rings (SSSR count). The number of anilines is 1. The number of carbonyl (C=O) groups is 2. The summed E-state index contributed by atoms with van der Waals surface area (Å²) in [7, 11) is -3.67. The van der Waals surface area contributed by atoms with Gasteiger partial charge in [0.2, 0.25) is 15.9 Å². The number of aromatic hydroxyl groups is 1. The number of benzene rings is 1. The van der Waals surface area contributed by atoms with E-state index in [1.165, 1.54) is 23.1 Å². The summed E-state index contributed by atoms with van der Waals surface area (Å²) in [6.07, 6.45) is 0.0396. The fraction of sp³-hybridized carbons (Fsp3) is 0.333. The highest BCUT2D eigenvalue weighted by Gasteiger charge is 2.33. The van der Waals surface area contributed by atoms with Crippen LogP contribution in [-0.2, 0) is 14.8 Å². The van der Waals surface area contributed by atoms with E-state index >= 15 is 0 Å². The van der Waals surface area contributed by atoms with E-state index in [0.717, 1.165) is 0 Å². The maximum absolute atomic E-state index is 11.9. The third-order valence-corrected chi connectivity index (χ3v) is 4.13. The van der Waals surface area contributed by atoms with Gasteiger partial charge in [-0.05, 0) is 12.1 Å². The van der Waals surface area contributed by atoms with Crippen LogP contribution in [0.2, 0.25) is 0 Å². The number of sulfonamides is 1. The highest BCUT2D eigenvalue weighted by molar-refractivity contribution is 7.89. The lowest BCUT2D eigenvalue weighted by Crippen LogP contribution is -2.27. The molecule has 1 atom stereocenters. The Labute approximate surface area is 120 Å². The van der Waals surface area contributed by atoms with E-state index in [0.29, 0.717) is 5.69 Å². The van der Waals surface area contributed by atoms with Gasteiger partial charge in [-0.2, -0.15) is 0 Å². The van der Waals surface area contributed by atoms with Gasteiger partial charge < -0.3 is 15.1 Å². The zero-order valence-electron chi connectivity index (χ0n) is 10.9. The zero-order valence-corrected chi connectivity index (χ0v) is 11.7. The molecule has 21 heavy (non-hydrogen) atoms. The summed E-state index contributed by atoms with van der Waals surface area (Å²) in [6, 6.07) is 3.74.